The molecule has 0 aromatic carbocycles. The van der Waals surface area contributed by atoms with E-state index in [1.54, 1.807) is 19.0 Å². The van der Waals surface area contributed by atoms with Crippen LogP contribution < -0.4 is 0 Å². The molecule has 0 fully saturated rings. The minimum atomic E-state index is 0. The second kappa shape index (κ2) is 6.09. The van der Waals surface area contributed by atoms with Gasteiger partial charge in [-0.25, -0.2) is 0 Å². The molecule has 82 valence electrons. The fraction of sp³-hybridized carbons (Fsp3) is 0.750. The first-order valence-electron chi connectivity index (χ1n) is 4.19. The lowest BCUT2D eigenvalue weighted by Crippen LogP contribution is -2.39. The topological polar surface area (TPSA) is 35.9 Å². The Bertz CT molecular complexity index is 231. The maximum atomic E-state index is 11.3. The van der Waals surface area contributed by atoms with Crippen molar-refractivity contribution < 1.29 is 4.79 Å². The van der Waals surface area contributed by atoms with E-state index in [1.165, 1.54) is 0 Å². The standard InChI is InChI=1S/C8H14ClN3O.ClH/c1-11(2)8(13)6-12-4-3-10-7(12)5-9;/h3-6H2,1-2H3;1H. The molecular weight excluding hydrogens is 225 g/mol. The van der Waals surface area contributed by atoms with Gasteiger partial charge in [-0.2, -0.15) is 0 Å². The van der Waals surface area contributed by atoms with Crippen molar-refractivity contribution in [3.05, 3.63) is 0 Å². The third-order valence-electron chi connectivity index (χ3n) is 1.97. The zero-order valence-corrected chi connectivity index (χ0v) is 9.94. The van der Waals surface area contributed by atoms with Crippen LogP contribution in [0.2, 0.25) is 0 Å². The molecule has 1 rings (SSSR count). The highest BCUT2D eigenvalue weighted by atomic mass is 35.5. The maximum absolute atomic E-state index is 11.3. The van der Waals surface area contributed by atoms with Crippen LogP contribution in [0.25, 0.3) is 0 Å². The Morgan fingerprint density at radius 3 is 2.79 bits per heavy atom. The van der Waals surface area contributed by atoms with Crippen molar-refractivity contribution in [1.82, 2.24) is 9.80 Å². The van der Waals surface area contributed by atoms with Crippen molar-refractivity contribution in [2.75, 3.05) is 39.6 Å². The summed E-state index contributed by atoms with van der Waals surface area (Å²) in [7, 11) is 3.49. The number of alkyl halides is 1. The molecule has 0 spiro atoms. The summed E-state index contributed by atoms with van der Waals surface area (Å²) in [6, 6.07) is 0. The van der Waals surface area contributed by atoms with Crippen LogP contribution in [0.5, 0.6) is 0 Å². The van der Waals surface area contributed by atoms with Crippen molar-refractivity contribution in [2.24, 2.45) is 4.99 Å². The predicted octanol–water partition coefficient (Wildman–Crippen LogP) is 0.449. The molecule has 0 aliphatic carbocycles. The Hall–Kier alpha value is -0.480. The molecule has 1 amide bonds. The number of likely N-dealkylation sites (N-methyl/N-ethyl adjacent to an activating group) is 1. The van der Waals surface area contributed by atoms with E-state index >= 15 is 0 Å². The zero-order valence-electron chi connectivity index (χ0n) is 8.36. The fourth-order valence-corrected chi connectivity index (χ4v) is 1.38. The van der Waals surface area contributed by atoms with Crippen molar-refractivity contribution in [3.63, 3.8) is 0 Å². The molecule has 14 heavy (non-hydrogen) atoms. The van der Waals surface area contributed by atoms with Gasteiger partial charge in [-0.05, 0) is 0 Å². The highest BCUT2D eigenvalue weighted by molar-refractivity contribution is 6.28. The third-order valence-corrected chi connectivity index (χ3v) is 2.21. The first kappa shape index (κ1) is 13.5. The lowest BCUT2D eigenvalue weighted by atomic mass is 10.4. The van der Waals surface area contributed by atoms with Gasteiger partial charge in [-0.15, -0.1) is 24.0 Å². The second-order valence-corrected chi connectivity index (χ2v) is 3.41. The number of nitrogens with zero attached hydrogens (tertiary/aromatic N) is 3. The van der Waals surface area contributed by atoms with Crippen molar-refractivity contribution in [1.29, 1.82) is 0 Å². The average Bonchev–Trinajstić information content (AvgIpc) is 2.51. The molecule has 0 aromatic heterocycles. The van der Waals surface area contributed by atoms with Gasteiger partial charge in [0.1, 0.15) is 5.84 Å². The van der Waals surface area contributed by atoms with Crippen LogP contribution in [-0.4, -0.2) is 61.2 Å². The molecule has 1 aliphatic heterocycles. The van der Waals surface area contributed by atoms with Crippen LogP contribution in [0.3, 0.4) is 0 Å². The van der Waals surface area contributed by atoms with Crippen LogP contribution in [-0.2, 0) is 4.79 Å². The van der Waals surface area contributed by atoms with Gasteiger partial charge < -0.3 is 9.80 Å². The molecule has 6 heteroatoms. The molecule has 1 aliphatic rings. The minimum absolute atomic E-state index is 0. The average molecular weight is 240 g/mol. The predicted molar refractivity (Wildman–Crippen MR) is 60.5 cm³/mol. The number of carbonyl (C=O) groups is 1. The number of halogens is 2. The highest BCUT2D eigenvalue weighted by Crippen LogP contribution is 2.03. The first-order chi connectivity index (χ1) is 6.15. The first-order valence-corrected chi connectivity index (χ1v) is 4.73. The normalized spacial score (nSPS) is 14.8. The Kier molecular flexibility index (Phi) is 5.88. The summed E-state index contributed by atoms with van der Waals surface area (Å²) in [5.41, 5.74) is 0. The van der Waals surface area contributed by atoms with Gasteiger partial charge in [0.25, 0.3) is 0 Å². The Balaban J connectivity index is 0.00000169. The molecule has 0 N–H and O–H groups in total. The summed E-state index contributed by atoms with van der Waals surface area (Å²) in [6.45, 7) is 1.95. The van der Waals surface area contributed by atoms with Gasteiger partial charge in [-0.3, -0.25) is 9.79 Å². The number of rotatable bonds is 3. The lowest BCUT2D eigenvalue weighted by Gasteiger charge is -2.20. The summed E-state index contributed by atoms with van der Waals surface area (Å²) in [6.07, 6.45) is 0. The Morgan fingerprint density at radius 1 is 1.64 bits per heavy atom. The van der Waals surface area contributed by atoms with Gasteiger partial charge >= 0.3 is 0 Å². The van der Waals surface area contributed by atoms with E-state index in [1.807, 2.05) is 4.90 Å². The van der Waals surface area contributed by atoms with E-state index < -0.39 is 0 Å². The molecule has 0 bridgehead atoms. The van der Waals surface area contributed by atoms with Crippen LogP contribution in [0.1, 0.15) is 0 Å². The molecule has 0 unspecified atom stereocenters. The van der Waals surface area contributed by atoms with Crippen molar-refractivity contribution in [2.45, 2.75) is 0 Å². The van der Waals surface area contributed by atoms with E-state index in [-0.39, 0.29) is 18.3 Å². The monoisotopic (exact) mass is 239 g/mol. The van der Waals surface area contributed by atoms with Gasteiger partial charge in [0, 0.05) is 20.6 Å². The van der Waals surface area contributed by atoms with Gasteiger partial charge in [0.05, 0.1) is 19.0 Å². The van der Waals surface area contributed by atoms with Crippen molar-refractivity contribution >= 4 is 35.8 Å². The number of aliphatic imine (C=N–C) groups is 1. The molecule has 0 atom stereocenters. The number of amidine groups is 1. The summed E-state index contributed by atoms with van der Waals surface area (Å²) in [4.78, 5) is 19.0. The Morgan fingerprint density at radius 2 is 2.29 bits per heavy atom. The fourth-order valence-electron chi connectivity index (χ4n) is 1.13. The van der Waals surface area contributed by atoms with E-state index in [2.05, 4.69) is 4.99 Å². The molecular formula is C8H15Cl2N3O. The van der Waals surface area contributed by atoms with E-state index in [0.717, 1.165) is 18.9 Å². The number of hydrogen-bond acceptors (Lipinski definition) is 3. The number of hydrogen-bond donors (Lipinski definition) is 0. The molecule has 0 saturated carbocycles. The largest absolute Gasteiger partial charge is 0.348 e. The van der Waals surface area contributed by atoms with Crippen LogP contribution >= 0.6 is 24.0 Å². The molecule has 4 nitrogen and oxygen atoms in total. The lowest BCUT2D eigenvalue weighted by molar-refractivity contribution is -0.128. The minimum Gasteiger partial charge on any atom is -0.348 e. The van der Waals surface area contributed by atoms with E-state index in [0.29, 0.717) is 12.4 Å². The number of carbonyl (C=O) groups excluding carboxylic acids is 1. The van der Waals surface area contributed by atoms with Crippen molar-refractivity contribution in [3.8, 4) is 0 Å². The summed E-state index contributed by atoms with van der Waals surface area (Å²) in [5, 5.41) is 0. The molecule has 0 radical (unpaired) electrons. The van der Waals surface area contributed by atoms with Crippen LogP contribution in [0.15, 0.2) is 4.99 Å². The zero-order chi connectivity index (χ0) is 9.84. The Labute approximate surface area is 95.3 Å². The number of amides is 1. The maximum Gasteiger partial charge on any atom is 0.241 e. The smallest absolute Gasteiger partial charge is 0.241 e. The summed E-state index contributed by atoms with van der Waals surface area (Å²) in [5.74, 6) is 1.30. The molecule has 0 saturated heterocycles. The van der Waals surface area contributed by atoms with Gasteiger partial charge in [0.15, 0.2) is 0 Å². The van der Waals surface area contributed by atoms with E-state index in [9.17, 15) is 4.79 Å². The van der Waals surface area contributed by atoms with Gasteiger partial charge in [0.2, 0.25) is 5.91 Å². The van der Waals surface area contributed by atoms with Crippen LogP contribution in [0.4, 0.5) is 0 Å². The van der Waals surface area contributed by atoms with Crippen LogP contribution in [0, 0.1) is 0 Å². The molecule has 0 aromatic rings. The van der Waals surface area contributed by atoms with Gasteiger partial charge in [-0.1, -0.05) is 0 Å². The van der Waals surface area contributed by atoms with E-state index in [4.69, 9.17) is 11.6 Å². The highest BCUT2D eigenvalue weighted by Gasteiger charge is 2.18. The summed E-state index contributed by atoms with van der Waals surface area (Å²) < 4.78 is 0. The SMILES string of the molecule is CN(C)C(=O)CN1CCN=C1CCl.Cl. The quantitative estimate of drug-likeness (QED) is 0.671. The molecule has 1 heterocycles. The third kappa shape index (κ3) is 3.35. The summed E-state index contributed by atoms with van der Waals surface area (Å²) >= 11 is 5.67. The second-order valence-electron chi connectivity index (χ2n) is 3.14.